The molecule has 2 heterocycles. The molecule has 4 aromatic rings. The van der Waals surface area contributed by atoms with Gasteiger partial charge in [0.1, 0.15) is 11.6 Å². The molecule has 35 heavy (non-hydrogen) atoms. The van der Waals surface area contributed by atoms with Gasteiger partial charge in [0, 0.05) is 21.8 Å². The van der Waals surface area contributed by atoms with Crippen LogP contribution >= 0.6 is 11.6 Å². The number of halogens is 3. The van der Waals surface area contributed by atoms with E-state index in [0.29, 0.717) is 38.8 Å². The first-order valence-corrected chi connectivity index (χ1v) is 11.2. The van der Waals surface area contributed by atoms with Crippen molar-refractivity contribution in [2.45, 2.75) is 19.5 Å². The fourth-order valence-electron chi connectivity index (χ4n) is 4.03. The fraction of sp³-hybridized carbons (Fsp3) is 0.115. The highest BCUT2D eigenvalue weighted by Gasteiger charge is 2.36. The maximum Gasteiger partial charge on any atom is 0.322 e. The Morgan fingerprint density at radius 1 is 1.06 bits per heavy atom. The van der Waals surface area contributed by atoms with Crippen LogP contribution in [0.2, 0.25) is 5.02 Å². The summed E-state index contributed by atoms with van der Waals surface area (Å²) in [5, 5.41) is 7.54. The summed E-state index contributed by atoms with van der Waals surface area (Å²) in [5.74, 6) is -0.396. The third-order valence-corrected chi connectivity index (χ3v) is 6.08. The lowest BCUT2D eigenvalue weighted by atomic mass is 9.94. The molecule has 2 amide bonds. The van der Waals surface area contributed by atoms with E-state index in [-0.39, 0.29) is 12.4 Å². The van der Waals surface area contributed by atoms with E-state index in [1.807, 2.05) is 0 Å². The lowest BCUT2D eigenvalue weighted by Crippen LogP contribution is -2.45. The summed E-state index contributed by atoms with van der Waals surface area (Å²) < 4.78 is 34.0. The molecular weight excluding hydrogens is 474 g/mol. The molecule has 176 valence electrons. The molecule has 0 aliphatic carbocycles. The summed E-state index contributed by atoms with van der Waals surface area (Å²) in [6, 6.07) is 17.9. The maximum atomic E-state index is 14.4. The summed E-state index contributed by atoms with van der Waals surface area (Å²) in [5.41, 5.74) is 2.51. The minimum Gasteiger partial charge on any atom is -0.334 e. The van der Waals surface area contributed by atoms with Gasteiger partial charge in [0.25, 0.3) is 5.89 Å². The van der Waals surface area contributed by atoms with Gasteiger partial charge in [0.05, 0.1) is 18.2 Å². The van der Waals surface area contributed by atoms with Crippen LogP contribution in [0.15, 0.2) is 83.0 Å². The van der Waals surface area contributed by atoms with Crippen LogP contribution in [-0.4, -0.2) is 21.1 Å². The first-order valence-electron chi connectivity index (χ1n) is 10.8. The Balaban J connectivity index is 1.61. The van der Waals surface area contributed by atoms with Gasteiger partial charge in [-0.1, -0.05) is 47.1 Å². The monoisotopic (exact) mass is 492 g/mol. The lowest BCUT2D eigenvalue weighted by molar-refractivity contribution is 0.202. The highest BCUT2D eigenvalue weighted by atomic mass is 35.5. The Morgan fingerprint density at radius 3 is 2.57 bits per heavy atom. The zero-order valence-corrected chi connectivity index (χ0v) is 19.3. The number of hydrogen-bond donors (Lipinski definition) is 1. The number of aromatic nitrogens is 2. The van der Waals surface area contributed by atoms with E-state index in [1.165, 1.54) is 23.1 Å². The van der Waals surface area contributed by atoms with Crippen molar-refractivity contribution in [1.82, 2.24) is 20.4 Å². The van der Waals surface area contributed by atoms with Gasteiger partial charge in [-0.05, 0) is 55.0 Å². The minimum absolute atomic E-state index is 0.0120. The van der Waals surface area contributed by atoms with Gasteiger partial charge in [0.15, 0.2) is 0 Å². The number of nitrogens with one attached hydrogen (secondary N) is 1. The molecule has 1 aliphatic rings. The Labute approximate surface area is 204 Å². The van der Waals surface area contributed by atoms with Crippen molar-refractivity contribution in [2.24, 2.45) is 0 Å². The summed E-state index contributed by atoms with van der Waals surface area (Å²) in [6.45, 7) is 1.70. The van der Waals surface area contributed by atoms with E-state index in [4.69, 9.17) is 16.1 Å². The first-order chi connectivity index (χ1) is 16.9. The zero-order valence-electron chi connectivity index (χ0n) is 18.5. The molecule has 1 atom stereocenters. The predicted molar refractivity (Wildman–Crippen MR) is 127 cm³/mol. The second-order valence-corrected chi connectivity index (χ2v) is 8.48. The van der Waals surface area contributed by atoms with Gasteiger partial charge in [-0.15, -0.1) is 0 Å². The molecule has 6 nitrogen and oxygen atoms in total. The molecule has 0 saturated carbocycles. The number of urea groups is 1. The van der Waals surface area contributed by atoms with Crippen LogP contribution in [-0.2, 0) is 6.54 Å². The maximum absolute atomic E-state index is 14.4. The minimum atomic E-state index is -0.756. The number of rotatable bonds is 5. The number of carbonyl (C=O) groups excluding carboxylic acids is 1. The highest BCUT2D eigenvalue weighted by Crippen LogP contribution is 2.38. The van der Waals surface area contributed by atoms with E-state index in [9.17, 15) is 13.6 Å². The number of allylic oxidation sites excluding steroid dienone is 1. The molecule has 0 fully saturated rings. The standard InChI is InChI=1S/C26H19ClF2N4O2/c1-15-22(25-31-24(32-35-25)16-9-11-19(27)12-10-16)23(17-6-4-7-20(28)13-17)30-26(34)33(15)14-18-5-2-3-8-21(18)29/h2-13,23H,14H2,1H3,(H,30,34). The summed E-state index contributed by atoms with van der Waals surface area (Å²) in [4.78, 5) is 19.1. The van der Waals surface area contributed by atoms with E-state index in [2.05, 4.69) is 15.5 Å². The topological polar surface area (TPSA) is 71.3 Å². The quantitative estimate of drug-likeness (QED) is 0.351. The molecular formula is C26H19ClF2N4O2. The molecule has 0 spiro atoms. The molecule has 0 bridgehead atoms. The van der Waals surface area contributed by atoms with Gasteiger partial charge in [-0.25, -0.2) is 13.6 Å². The van der Waals surface area contributed by atoms with Crippen LogP contribution in [0.5, 0.6) is 0 Å². The van der Waals surface area contributed by atoms with Crippen molar-refractivity contribution < 1.29 is 18.1 Å². The lowest BCUT2D eigenvalue weighted by Gasteiger charge is -2.35. The molecule has 5 rings (SSSR count). The van der Waals surface area contributed by atoms with Crippen molar-refractivity contribution >= 4 is 23.2 Å². The van der Waals surface area contributed by atoms with E-state index in [1.54, 1.807) is 61.5 Å². The van der Waals surface area contributed by atoms with E-state index >= 15 is 0 Å². The normalized spacial score (nSPS) is 15.9. The number of benzene rings is 3. The second-order valence-electron chi connectivity index (χ2n) is 8.04. The largest absolute Gasteiger partial charge is 0.334 e. The molecule has 9 heteroatoms. The summed E-state index contributed by atoms with van der Waals surface area (Å²) in [7, 11) is 0. The molecule has 1 unspecified atom stereocenters. The van der Waals surface area contributed by atoms with Crippen molar-refractivity contribution in [2.75, 3.05) is 0 Å². The van der Waals surface area contributed by atoms with Gasteiger partial charge in [-0.3, -0.25) is 4.90 Å². The SMILES string of the molecule is CC1=C(c2nc(-c3ccc(Cl)cc3)no2)C(c2cccc(F)c2)NC(=O)N1Cc1ccccc1F. The van der Waals surface area contributed by atoms with Crippen molar-refractivity contribution in [1.29, 1.82) is 0 Å². The van der Waals surface area contributed by atoms with Crippen LogP contribution in [0.1, 0.15) is 30.0 Å². The van der Waals surface area contributed by atoms with Crippen molar-refractivity contribution in [3.8, 4) is 11.4 Å². The van der Waals surface area contributed by atoms with E-state index in [0.717, 1.165) is 0 Å². The van der Waals surface area contributed by atoms with Gasteiger partial charge < -0.3 is 9.84 Å². The third kappa shape index (κ3) is 4.52. The number of hydrogen-bond acceptors (Lipinski definition) is 4. The van der Waals surface area contributed by atoms with Crippen LogP contribution in [0.3, 0.4) is 0 Å². The van der Waals surface area contributed by atoms with Crippen LogP contribution in [0.4, 0.5) is 13.6 Å². The van der Waals surface area contributed by atoms with E-state index < -0.39 is 23.7 Å². The van der Waals surface area contributed by atoms with Crippen LogP contribution in [0.25, 0.3) is 17.0 Å². The van der Waals surface area contributed by atoms with Crippen LogP contribution in [0, 0.1) is 11.6 Å². The first kappa shape index (κ1) is 22.7. The van der Waals surface area contributed by atoms with Crippen molar-refractivity contribution in [3.05, 3.63) is 112 Å². The highest BCUT2D eigenvalue weighted by molar-refractivity contribution is 6.30. The molecule has 1 aliphatic heterocycles. The molecule has 1 aromatic heterocycles. The molecule has 0 radical (unpaired) electrons. The zero-order chi connectivity index (χ0) is 24.5. The van der Waals surface area contributed by atoms with Crippen LogP contribution < -0.4 is 5.32 Å². The number of carbonyl (C=O) groups is 1. The van der Waals surface area contributed by atoms with Crippen molar-refractivity contribution in [3.63, 3.8) is 0 Å². The number of amides is 2. The Morgan fingerprint density at radius 2 is 1.83 bits per heavy atom. The summed E-state index contributed by atoms with van der Waals surface area (Å²) in [6.07, 6.45) is 0. The average Bonchev–Trinajstić information content (AvgIpc) is 3.32. The molecule has 3 aromatic carbocycles. The fourth-order valence-corrected chi connectivity index (χ4v) is 4.16. The average molecular weight is 493 g/mol. The predicted octanol–water partition coefficient (Wildman–Crippen LogP) is 6.37. The van der Waals surface area contributed by atoms with Gasteiger partial charge >= 0.3 is 6.03 Å². The van der Waals surface area contributed by atoms with Gasteiger partial charge in [0.2, 0.25) is 5.82 Å². The Hall–Kier alpha value is -4.04. The Bertz CT molecular complexity index is 1440. The summed E-state index contributed by atoms with van der Waals surface area (Å²) >= 11 is 5.98. The molecule has 1 N–H and O–H groups in total. The Kier molecular flexibility index (Phi) is 6.05. The second kappa shape index (κ2) is 9.31. The smallest absolute Gasteiger partial charge is 0.322 e. The number of nitrogens with zero attached hydrogens (tertiary/aromatic N) is 3. The third-order valence-electron chi connectivity index (χ3n) is 5.82. The van der Waals surface area contributed by atoms with Gasteiger partial charge in [-0.2, -0.15) is 4.98 Å². The molecule has 0 saturated heterocycles.